The quantitative estimate of drug-likeness (QED) is 0.154. The van der Waals surface area contributed by atoms with Crippen molar-refractivity contribution in [3.63, 3.8) is 0 Å². The predicted octanol–water partition coefficient (Wildman–Crippen LogP) is 6.58. The third kappa shape index (κ3) is 6.32. The number of esters is 1. The first kappa shape index (κ1) is 25.0. The standard InChI is InChI=1S/C24H17Cl2N3O4S2/c1-33-23(32)13-2-4-16(5-3-13)28-21(30)12-34-24-29-19-7-6-17(10-20(19)35-24)27-11-14-8-15(25)9-18(26)22(14)31/h2-11,31H,12H2,1H3,(H,28,30). The number of aliphatic imine (C=N–C) groups is 1. The molecule has 0 bridgehead atoms. The maximum absolute atomic E-state index is 12.3. The number of carbonyl (C=O) groups is 2. The van der Waals surface area contributed by atoms with Crippen molar-refractivity contribution in [2.45, 2.75) is 4.34 Å². The van der Waals surface area contributed by atoms with E-state index in [1.807, 2.05) is 12.1 Å². The minimum absolute atomic E-state index is 0.0879. The lowest BCUT2D eigenvalue weighted by Crippen LogP contribution is -2.14. The first-order chi connectivity index (χ1) is 16.8. The fraction of sp³-hybridized carbons (Fsp3) is 0.0833. The third-order valence-corrected chi connectivity index (χ3v) is 7.35. The van der Waals surface area contributed by atoms with Crippen molar-refractivity contribution in [2.75, 3.05) is 18.2 Å². The molecule has 1 heterocycles. The summed E-state index contributed by atoms with van der Waals surface area (Å²) in [4.78, 5) is 32.8. The van der Waals surface area contributed by atoms with Crippen molar-refractivity contribution in [2.24, 2.45) is 4.99 Å². The largest absolute Gasteiger partial charge is 0.506 e. The molecule has 178 valence electrons. The number of ether oxygens (including phenoxy) is 1. The van der Waals surface area contributed by atoms with Gasteiger partial charge in [-0.15, -0.1) is 11.3 Å². The molecule has 2 N–H and O–H groups in total. The molecule has 1 aromatic heterocycles. The minimum Gasteiger partial charge on any atom is -0.506 e. The number of anilines is 1. The van der Waals surface area contributed by atoms with Gasteiger partial charge in [0.25, 0.3) is 0 Å². The van der Waals surface area contributed by atoms with Crippen LogP contribution in [0, 0.1) is 0 Å². The molecule has 0 spiro atoms. The summed E-state index contributed by atoms with van der Waals surface area (Å²) < 4.78 is 6.32. The number of thioether (sulfide) groups is 1. The van der Waals surface area contributed by atoms with Gasteiger partial charge in [0.15, 0.2) is 4.34 Å². The molecule has 4 rings (SSSR count). The van der Waals surface area contributed by atoms with Gasteiger partial charge in [-0.25, -0.2) is 9.78 Å². The summed E-state index contributed by atoms with van der Waals surface area (Å²) in [5.74, 6) is -0.534. The molecule has 35 heavy (non-hydrogen) atoms. The van der Waals surface area contributed by atoms with Gasteiger partial charge >= 0.3 is 5.97 Å². The summed E-state index contributed by atoms with van der Waals surface area (Å²) in [6.07, 6.45) is 1.49. The molecule has 0 aliphatic rings. The van der Waals surface area contributed by atoms with Crippen LogP contribution >= 0.6 is 46.3 Å². The average Bonchev–Trinajstić information content (AvgIpc) is 3.26. The Morgan fingerprint density at radius 2 is 1.94 bits per heavy atom. The number of nitrogens with one attached hydrogen (secondary N) is 1. The van der Waals surface area contributed by atoms with Gasteiger partial charge in [0.1, 0.15) is 5.75 Å². The van der Waals surface area contributed by atoms with Gasteiger partial charge in [0.2, 0.25) is 5.91 Å². The highest BCUT2D eigenvalue weighted by Gasteiger charge is 2.11. The van der Waals surface area contributed by atoms with Gasteiger partial charge in [-0.05, 0) is 54.6 Å². The van der Waals surface area contributed by atoms with Crippen LogP contribution in [-0.4, -0.2) is 41.0 Å². The number of phenols is 1. The number of benzene rings is 3. The molecular weight excluding hydrogens is 529 g/mol. The number of hydrogen-bond acceptors (Lipinski definition) is 8. The Hall–Kier alpha value is -3.11. The van der Waals surface area contributed by atoms with Gasteiger partial charge < -0.3 is 15.2 Å². The van der Waals surface area contributed by atoms with E-state index in [4.69, 9.17) is 23.2 Å². The minimum atomic E-state index is -0.435. The number of thiazole rings is 1. The van der Waals surface area contributed by atoms with Crippen LogP contribution < -0.4 is 5.32 Å². The molecule has 0 aliphatic heterocycles. The van der Waals surface area contributed by atoms with Crippen molar-refractivity contribution >= 4 is 86.0 Å². The Balaban J connectivity index is 1.38. The maximum atomic E-state index is 12.3. The molecule has 0 saturated heterocycles. The molecule has 7 nitrogen and oxygen atoms in total. The fourth-order valence-electron chi connectivity index (χ4n) is 2.99. The van der Waals surface area contributed by atoms with Gasteiger partial charge in [-0.2, -0.15) is 0 Å². The lowest BCUT2D eigenvalue weighted by Gasteiger charge is -2.05. The molecule has 11 heteroatoms. The van der Waals surface area contributed by atoms with E-state index < -0.39 is 5.97 Å². The Morgan fingerprint density at radius 3 is 2.69 bits per heavy atom. The molecule has 0 radical (unpaired) electrons. The van der Waals surface area contributed by atoms with Crippen LogP contribution in [0.25, 0.3) is 10.2 Å². The van der Waals surface area contributed by atoms with Crippen LogP contribution in [0.2, 0.25) is 10.0 Å². The Kier molecular flexibility index (Phi) is 7.92. The molecule has 1 amide bonds. The number of carbonyl (C=O) groups excluding carboxylic acids is 2. The first-order valence-electron chi connectivity index (χ1n) is 10.1. The van der Waals surface area contributed by atoms with E-state index in [0.29, 0.717) is 27.5 Å². The number of halogens is 2. The zero-order chi connectivity index (χ0) is 24.9. The lowest BCUT2D eigenvalue weighted by atomic mass is 10.2. The summed E-state index contributed by atoms with van der Waals surface area (Å²) in [7, 11) is 1.31. The SMILES string of the molecule is COC(=O)c1ccc(NC(=O)CSc2nc3ccc(N=Cc4cc(Cl)cc(Cl)c4O)cc3s2)cc1. The van der Waals surface area contributed by atoms with E-state index in [2.05, 4.69) is 20.0 Å². The van der Waals surface area contributed by atoms with Crippen molar-refractivity contribution in [1.82, 2.24) is 4.98 Å². The Morgan fingerprint density at radius 1 is 1.17 bits per heavy atom. The molecule has 0 saturated carbocycles. The number of phenolic OH excluding ortho intramolecular Hbond substituents is 1. The van der Waals surface area contributed by atoms with Gasteiger partial charge in [-0.1, -0.05) is 35.0 Å². The van der Waals surface area contributed by atoms with Crippen LogP contribution in [0.15, 0.2) is 63.9 Å². The van der Waals surface area contributed by atoms with Gasteiger partial charge in [0, 0.05) is 22.5 Å². The summed E-state index contributed by atoms with van der Waals surface area (Å²) >= 11 is 14.7. The number of nitrogens with zero attached hydrogens (tertiary/aromatic N) is 2. The molecule has 0 unspecified atom stereocenters. The van der Waals surface area contributed by atoms with Gasteiger partial charge in [0.05, 0.1) is 39.4 Å². The molecular formula is C24H17Cl2N3O4S2. The second-order valence-corrected chi connectivity index (χ2v) is 10.2. The number of aromatic nitrogens is 1. The van der Waals surface area contributed by atoms with Crippen LogP contribution in [0.3, 0.4) is 0 Å². The highest BCUT2D eigenvalue weighted by Crippen LogP contribution is 2.33. The molecule has 0 fully saturated rings. The summed E-state index contributed by atoms with van der Waals surface area (Å²) in [6.45, 7) is 0. The second-order valence-electron chi connectivity index (χ2n) is 7.12. The Labute approximate surface area is 218 Å². The number of fused-ring (bicyclic) bond motifs is 1. The van der Waals surface area contributed by atoms with Crippen LogP contribution in [-0.2, 0) is 9.53 Å². The third-order valence-electron chi connectivity index (χ3n) is 4.68. The Bertz CT molecular complexity index is 1440. The van der Waals surface area contributed by atoms with E-state index in [-0.39, 0.29) is 22.4 Å². The van der Waals surface area contributed by atoms with Crippen molar-refractivity contribution in [3.05, 3.63) is 75.8 Å². The molecule has 4 aromatic rings. The number of amides is 1. The van der Waals surface area contributed by atoms with E-state index in [0.717, 1.165) is 14.6 Å². The molecule has 3 aromatic carbocycles. The highest BCUT2D eigenvalue weighted by molar-refractivity contribution is 8.01. The van der Waals surface area contributed by atoms with Crippen LogP contribution in [0.1, 0.15) is 15.9 Å². The highest BCUT2D eigenvalue weighted by atomic mass is 35.5. The number of rotatable bonds is 7. The summed E-state index contributed by atoms with van der Waals surface area (Å²) in [5, 5.41) is 13.4. The summed E-state index contributed by atoms with van der Waals surface area (Å²) in [5.41, 5.74) is 2.87. The van der Waals surface area contributed by atoms with Crippen LogP contribution in [0.4, 0.5) is 11.4 Å². The number of hydrogen-bond donors (Lipinski definition) is 2. The first-order valence-corrected chi connectivity index (χ1v) is 12.6. The number of aromatic hydroxyl groups is 1. The topological polar surface area (TPSA) is 101 Å². The second kappa shape index (κ2) is 11.1. The maximum Gasteiger partial charge on any atom is 0.337 e. The van der Waals surface area contributed by atoms with Gasteiger partial charge in [-0.3, -0.25) is 9.79 Å². The molecule has 0 aliphatic carbocycles. The average molecular weight is 546 g/mol. The van der Waals surface area contributed by atoms with E-state index in [1.165, 1.54) is 42.5 Å². The smallest absolute Gasteiger partial charge is 0.337 e. The van der Waals surface area contributed by atoms with Crippen molar-refractivity contribution in [3.8, 4) is 5.75 Å². The van der Waals surface area contributed by atoms with Crippen molar-refractivity contribution in [1.29, 1.82) is 0 Å². The van der Waals surface area contributed by atoms with E-state index in [9.17, 15) is 14.7 Å². The number of methoxy groups -OCH3 is 1. The van der Waals surface area contributed by atoms with E-state index >= 15 is 0 Å². The lowest BCUT2D eigenvalue weighted by molar-refractivity contribution is -0.113. The predicted molar refractivity (Wildman–Crippen MR) is 142 cm³/mol. The molecule has 0 atom stereocenters. The van der Waals surface area contributed by atoms with E-state index in [1.54, 1.807) is 36.4 Å². The zero-order valence-corrected chi connectivity index (χ0v) is 21.3. The monoisotopic (exact) mass is 545 g/mol. The summed E-state index contributed by atoms with van der Waals surface area (Å²) in [6, 6.07) is 15.0. The fourth-order valence-corrected chi connectivity index (χ4v) is 5.41. The van der Waals surface area contributed by atoms with Crippen molar-refractivity contribution < 1.29 is 19.4 Å². The normalized spacial score (nSPS) is 11.2. The van der Waals surface area contributed by atoms with Crippen LogP contribution in [0.5, 0.6) is 5.75 Å². The zero-order valence-electron chi connectivity index (χ0n) is 18.1.